The van der Waals surface area contributed by atoms with Crippen LogP contribution in [0.25, 0.3) is 6.08 Å². The number of esters is 2. The predicted octanol–water partition coefficient (Wildman–Crippen LogP) is 3.09. The summed E-state index contributed by atoms with van der Waals surface area (Å²) in [5.74, 6) is -3.24. The summed E-state index contributed by atoms with van der Waals surface area (Å²) >= 11 is 6.11. The van der Waals surface area contributed by atoms with Crippen molar-refractivity contribution in [3.63, 3.8) is 0 Å². The molecule has 1 aromatic heterocycles. The van der Waals surface area contributed by atoms with Crippen molar-refractivity contribution in [1.29, 1.82) is 0 Å². The van der Waals surface area contributed by atoms with Gasteiger partial charge in [-0.25, -0.2) is 9.59 Å². The molecule has 64 heavy (non-hydrogen) atoms. The van der Waals surface area contributed by atoms with Crippen molar-refractivity contribution in [2.24, 2.45) is 0 Å². The number of halogens is 1. The number of rotatable bonds is 2. The minimum absolute atomic E-state index is 0.00722. The van der Waals surface area contributed by atoms with E-state index >= 15 is 0 Å². The van der Waals surface area contributed by atoms with Gasteiger partial charge in [0.05, 0.1) is 42.6 Å². The average molecular weight is 916 g/mol. The number of carbonyl (C=O) groups excluding carboxylic acids is 4. The number of ether oxygens (including phenoxy) is 4. The molecule has 3 aliphatic heterocycles. The lowest BCUT2D eigenvalue weighted by molar-refractivity contribution is -0.808. The Morgan fingerprint density at radius 2 is 1.56 bits per heavy atom. The first-order valence-electron chi connectivity index (χ1n) is 20.3. The van der Waals surface area contributed by atoms with Gasteiger partial charge in [-0.05, 0) is 67.7 Å². The first-order chi connectivity index (χ1) is 30.4. The topological polar surface area (TPSA) is 315 Å². The number of fused-ring (bicyclic) bond motifs is 4. The number of nitrogens with one attached hydrogen (secondary N) is 1. The maximum atomic E-state index is 12.5. The molecule has 0 amide bonds. The fourth-order valence-electron chi connectivity index (χ4n) is 7.03. The van der Waals surface area contributed by atoms with E-state index in [2.05, 4.69) is 9.79 Å². The Balaban J connectivity index is 0.000000190. The summed E-state index contributed by atoms with van der Waals surface area (Å²) in [5.41, 5.74) is 2.43. The largest absolute Gasteiger partial charge is 0.507 e. The molecule has 0 spiro atoms. The van der Waals surface area contributed by atoms with E-state index in [1.807, 2.05) is 11.6 Å². The fraction of sp³-hybridized carbons (Fsp3) is 0.442. The fourth-order valence-corrected chi connectivity index (χ4v) is 7.25. The number of Topliss-reactive ketones (excluding diaryl/α,β-unsaturated/α-hetero) is 1. The van der Waals surface area contributed by atoms with E-state index in [4.69, 9.17) is 35.8 Å². The van der Waals surface area contributed by atoms with E-state index in [9.17, 15) is 55.0 Å². The number of hydrogen-bond donors (Lipinski definition) is 8. The minimum Gasteiger partial charge on any atom is -0.507 e. The van der Waals surface area contributed by atoms with Gasteiger partial charge in [0.25, 0.3) is 5.69 Å². The smallest absolute Gasteiger partial charge is 0.342 e. The third-order valence-corrected chi connectivity index (χ3v) is 10.9. The lowest BCUT2D eigenvalue weighted by atomic mass is 9.95. The molecular weight excluding hydrogens is 866 g/mol. The van der Waals surface area contributed by atoms with Crippen LogP contribution >= 0.6 is 11.6 Å². The first-order valence-corrected chi connectivity index (χ1v) is 20.6. The Labute approximate surface area is 371 Å². The van der Waals surface area contributed by atoms with Crippen molar-refractivity contribution in [3.8, 4) is 23.0 Å². The molecule has 346 valence electrons. The molecule has 1 fully saturated rings. The van der Waals surface area contributed by atoms with Crippen molar-refractivity contribution < 1.29 is 83.5 Å². The first kappa shape index (κ1) is 49.2. The van der Waals surface area contributed by atoms with Gasteiger partial charge in [0, 0.05) is 43.0 Å². The normalized spacial score (nSPS) is 27.6. The summed E-state index contributed by atoms with van der Waals surface area (Å²) < 4.78 is 25.6. The molecule has 21 heteroatoms. The van der Waals surface area contributed by atoms with Crippen molar-refractivity contribution in [2.75, 3.05) is 7.11 Å². The lowest BCUT2D eigenvalue weighted by Crippen LogP contribution is -2.41. The number of methoxy groups -OCH3 is 1. The number of carbonyl (C=O) groups is 4. The number of cyclic esters (lactones) is 2. The van der Waals surface area contributed by atoms with Crippen LogP contribution in [0.15, 0.2) is 53.2 Å². The molecule has 0 bridgehead atoms. The number of aliphatic hydroxyl groups is 3. The molecule has 3 aromatic rings. The summed E-state index contributed by atoms with van der Waals surface area (Å²) in [7, 11) is 1.42. The van der Waals surface area contributed by atoms with Gasteiger partial charge in [0.2, 0.25) is 11.5 Å². The van der Waals surface area contributed by atoms with E-state index < -0.39 is 65.8 Å². The van der Waals surface area contributed by atoms with E-state index in [0.29, 0.717) is 30.6 Å². The van der Waals surface area contributed by atoms with Crippen molar-refractivity contribution in [3.05, 3.63) is 92.5 Å². The highest BCUT2D eigenvalue weighted by Crippen LogP contribution is 2.39. The highest BCUT2D eigenvalue weighted by molar-refractivity contribution is 6.33. The van der Waals surface area contributed by atoms with Crippen molar-refractivity contribution in [1.82, 2.24) is 10.6 Å². The number of nitrogens with zero attached hydrogens (tertiary/aromatic N) is 2. The zero-order valence-electron chi connectivity index (χ0n) is 35.0. The summed E-state index contributed by atoms with van der Waals surface area (Å²) in [6.07, 6.45) is 7.66. The monoisotopic (exact) mass is 915 g/mol. The molecular formula is C43H50ClN3O17. The quantitative estimate of drug-likeness (QED) is 0.0602. The number of epoxide rings is 1. The van der Waals surface area contributed by atoms with Gasteiger partial charge in [-0.2, -0.15) is 5.48 Å². The average Bonchev–Trinajstić information content (AvgIpc) is 3.87. The van der Waals surface area contributed by atoms with Crippen LogP contribution in [-0.2, 0) is 31.8 Å². The standard InChI is InChI=1S/C19H22O7.C18H21ClO6.C6H7N3O4/c1-11-5-3-7-14(20)18(23)15(21)8-4-6-12-9-13(25-2)10-16(22)17(12)19(24)26-11;1-9-6-15-14(25-15)5-3-2-4-10(20)7-11-16(18(23)24-9)12(21)8-13(22)17(11)19;10-6-3(7-11)1-2-4-5(6)8-13-9(4)12/h3-4,6-7,9-11,15,18,21-23H,5,8H2,1-2H3;2,4,8-10,14-15,20-22H,3,5-7H2,1H3;3,7,11H,1-2H2/b6-4+,7-3-;4-2+;/t;9-,10+,14+,15+;/m.1./s1. The van der Waals surface area contributed by atoms with Gasteiger partial charge in [0.1, 0.15) is 52.4 Å². The van der Waals surface area contributed by atoms with E-state index in [-0.39, 0.29) is 81.0 Å². The second kappa shape index (κ2) is 22.2. The maximum absolute atomic E-state index is 12.5. The number of phenols is 3. The SMILES string of the molecule is COc1cc(O)c2c(c1)/C=C/CC(O)C(O)C(=O)/C=C\CC(C)OC2=O.C[C@@H]1C[C@@H]2O[C@H]2CC/C=C/[C@H](O)Cc2c(Cl)c(O)cc(O)c2C(=O)O1.O=C1c2no[n+]([O-])c2CCC1NO. The molecule has 8 atom stereocenters. The highest BCUT2D eigenvalue weighted by Gasteiger charge is 2.40. The van der Waals surface area contributed by atoms with Crippen LogP contribution < -0.4 is 15.1 Å². The molecule has 4 heterocycles. The third-order valence-electron chi connectivity index (χ3n) is 10.5. The van der Waals surface area contributed by atoms with E-state index in [1.165, 1.54) is 37.5 Å². The molecule has 4 unspecified atom stereocenters. The number of phenolic OH excluding ortho intramolecular Hbond substituents is 3. The molecule has 8 N–H and O–H groups in total. The zero-order chi connectivity index (χ0) is 46.8. The van der Waals surface area contributed by atoms with Crippen molar-refractivity contribution in [2.45, 2.75) is 114 Å². The number of ketones is 2. The molecule has 2 aromatic carbocycles. The second-order valence-electron chi connectivity index (χ2n) is 15.4. The number of aromatic hydroxyl groups is 3. The molecule has 4 aliphatic rings. The Kier molecular flexibility index (Phi) is 17.0. The maximum Gasteiger partial charge on any atom is 0.342 e. The van der Waals surface area contributed by atoms with Crippen molar-refractivity contribution >= 4 is 41.2 Å². The summed E-state index contributed by atoms with van der Waals surface area (Å²) in [6, 6.07) is 3.16. The molecule has 1 saturated heterocycles. The van der Waals surface area contributed by atoms with Gasteiger partial charge in [-0.3, -0.25) is 14.2 Å². The Morgan fingerprint density at radius 1 is 0.875 bits per heavy atom. The van der Waals surface area contributed by atoms with Gasteiger partial charge in [-0.1, -0.05) is 42.0 Å². The molecule has 20 nitrogen and oxygen atoms in total. The van der Waals surface area contributed by atoms with Gasteiger partial charge < -0.3 is 60.0 Å². The summed E-state index contributed by atoms with van der Waals surface area (Å²) in [4.78, 5) is 48.4. The van der Waals surface area contributed by atoms with Crippen LogP contribution in [0.3, 0.4) is 0 Å². The molecule has 7 rings (SSSR count). The number of aliphatic hydroxyl groups excluding tert-OH is 3. The number of allylic oxidation sites excluding steroid dienone is 1. The molecule has 0 radical (unpaired) electrons. The third kappa shape index (κ3) is 12.4. The summed E-state index contributed by atoms with van der Waals surface area (Å²) in [6.45, 7) is 3.40. The Bertz CT molecular complexity index is 2280. The predicted molar refractivity (Wildman–Crippen MR) is 222 cm³/mol. The number of aromatic nitrogens is 2. The highest BCUT2D eigenvalue weighted by atomic mass is 35.5. The Hall–Kier alpha value is -5.87. The van der Waals surface area contributed by atoms with Gasteiger partial charge >= 0.3 is 11.9 Å². The van der Waals surface area contributed by atoms with Crippen LogP contribution in [0.1, 0.15) is 100 Å². The second-order valence-corrected chi connectivity index (χ2v) is 15.7. The lowest BCUT2D eigenvalue weighted by Gasteiger charge is -2.18. The van der Waals surface area contributed by atoms with Crippen LogP contribution in [0.2, 0.25) is 5.02 Å². The van der Waals surface area contributed by atoms with Gasteiger partial charge in [0.15, 0.2) is 5.78 Å². The summed E-state index contributed by atoms with van der Waals surface area (Å²) in [5, 5.41) is 82.8. The van der Waals surface area contributed by atoms with Crippen LogP contribution in [0.4, 0.5) is 0 Å². The number of benzene rings is 2. The minimum atomic E-state index is -1.55. The van der Waals surface area contributed by atoms with Crippen LogP contribution in [0, 0.1) is 5.21 Å². The van der Waals surface area contributed by atoms with Gasteiger partial charge in [-0.15, -0.1) is 0 Å². The van der Waals surface area contributed by atoms with E-state index in [0.717, 1.165) is 25.0 Å². The molecule has 0 saturated carbocycles. The van der Waals surface area contributed by atoms with Crippen LogP contribution in [0.5, 0.6) is 23.0 Å². The number of hydrogen-bond acceptors (Lipinski definition) is 19. The van der Waals surface area contributed by atoms with E-state index in [1.54, 1.807) is 19.9 Å². The number of hydroxylamine groups is 1. The van der Waals surface area contributed by atoms with Crippen LogP contribution in [-0.4, -0.2) is 120 Å². The zero-order valence-corrected chi connectivity index (χ0v) is 35.7. The Morgan fingerprint density at radius 3 is 2.28 bits per heavy atom. The molecule has 1 aliphatic carbocycles.